The van der Waals surface area contributed by atoms with Crippen molar-refractivity contribution in [1.29, 1.82) is 0 Å². The molecule has 0 aromatic heterocycles. The molecule has 1 aromatic rings. The fourth-order valence-corrected chi connectivity index (χ4v) is 3.96. The zero-order valence-electron chi connectivity index (χ0n) is 16.6. The second-order valence-electron chi connectivity index (χ2n) is 8.15. The van der Waals surface area contributed by atoms with E-state index in [4.69, 9.17) is 9.47 Å². The summed E-state index contributed by atoms with van der Waals surface area (Å²) in [4.78, 5) is 1.82. The van der Waals surface area contributed by atoms with E-state index in [1.807, 2.05) is 18.7 Å². The van der Waals surface area contributed by atoms with Crippen molar-refractivity contribution in [2.45, 2.75) is 57.9 Å². The van der Waals surface area contributed by atoms with E-state index in [1.165, 1.54) is 25.3 Å². The van der Waals surface area contributed by atoms with Gasteiger partial charge in [0.1, 0.15) is 11.6 Å². The van der Waals surface area contributed by atoms with Crippen molar-refractivity contribution >= 4 is 0 Å². The highest BCUT2D eigenvalue weighted by atomic mass is 19.4. The van der Waals surface area contributed by atoms with Crippen molar-refractivity contribution in [3.05, 3.63) is 29.6 Å². The number of morpholine rings is 1. The molecule has 0 N–H and O–H groups in total. The molecule has 3 nitrogen and oxygen atoms in total. The predicted molar refractivity (Wildman–Crippen MR) is 96.6 cm³/mol. The summed E-state index contributed by atoms with van der Waals surface area (Å²) >= 11 is 0. The summed E-state index contributed by atoms with van der Waals surface area (Å²) in [6.45, 7) is 7.99. The third kappa shape index (κ3) is 5.82. The van der Waals surface area contributed by atoms with E-state index in [-0.39, 0.29) is 25.2 Å². The highest BCUT2D eigenvalue weighted by molar-refractivity contribution is 5.39. The van der Waals surface area contributed by atoms with Crippen LogP contribution in [0.15, 0.2) is 18.2 Å². The summed E-state index contributed by atoms with van der Waals surface area (Å²) in [6, 6.07) is 3.97. The van der Waals surface area contributed by atoms with Gasteiger partial charge in [-0.1, -0.05) is 13.8 Å². The minimum atomic E-state index is -4.34. The van der Waals surface area contributed by atoms with Gasteiger partial charge >= 0.3 is 6.18 Å². The molecule has 0 radical (unpaired) electrons. The molecule has 2 rings (SSSR count). The van der Waals surface area contributed by atoms with Crippen molar-refractivity contribution in [3.63, 3.8) is 0 Å². The molecular formula is C20H29F4NO2. The number of rotatable bonds is 6. The second-order valence-corrected chi connectivity index (χ2v) is 8.15. The molecule has 0 saturated carbocycles. The molecule has 3 unspecified atom stereocenters. The highest BCUT2D eigenvalue weighted by Crippen LogP contribution is 2.42. The van der Waals surface area contributed by atoms with Crippen LogP contribution in [-0.2, 0) is 10.2 Å². The lowest BCUT2D eigenvalue weighted by Gasteiger charge is -2.39. The Balaban J connectivity index is 2.23. The molecule has 0 aliphatic carbocycles. The lowest BCUT2D eigenvalue weighted by molar-refractivity contribution is -0.189. The molecule has 0 spiro atoms. The first kappa shape index (κ1) is 22.0. The minimum absolute atomic E-state index is 0.0946. The van der Waals surface area contributed by atoms with E-state index >= 15 is 0 Å². The quantitative estimate of drug-likeness (QED) is 0.651. The maximum Gasteiger partial charge on any atom is 0.393 e. The second kappa shape index (κ2) is 8.35. The van der Waals surface area contributed by atoms with Crippen LogP contribution in [0, 0.1) is 11.7 Å². The van der Waals surface area contributed by atoms with Gasteiger partial charge < -0.3 is 9.47 Å². The summed E-state index contributed by atoms with van der Waals surface area (Å²) in [5.41, 5.74) is -0.458. The Bertz CT molecular complexity index is 623. The van der Waals surface area contributed by atoms with E-state index in [2.05, 4.69) is 0 Å². The number of nitrogens with zero attached hydrogens (tertiary/aromatic N) is 1. The van der Waals surface area contributed by atoms with Gasteiger partial charge in [-0.15, -0.1) is 0 Å². The zero-order chi connectivity index (χ0) is 20.4. The lowest BCUT2D eigenvalue weighted by atomic mass is 9.76. The molecule has 0 bridgehead atoms. The fraction of sp³-hybridized carbons (Fsp3) is 0.700. The molecule has 1 fully saturated rings. The topological polar surface area (TPSA) is 21.7 Å². The lowest BCUT2D eigenvalue weighted by Crippen LogP contribution is -2.49. The van der Waals surface area contributed by atoms with Crippen LogP contribution in [0.2, 0.25) is 0 Å². The average molecular weight is 391 g/mol. The Hall–Kier alpha value is -1.34. The van der Waals surface area contributed by atoms with E-state index < -0.39 is 23.3 Å². The van der Waals surface area contributed by atoms with Crippen molar-refractivity contribution in [3.8, 4) is 5.75 Å². The Morgan fingerprint density at radius 3 is 2.30 bits per heavy atom. The molecule has 3 atom stereocenters. The Morgan fingerprint density at radius 1 is 1.19 bits per heavy atom. The van der Waals surface area contributed by atoms with E-state index in [0.29, 0.717) is 24.4 Å². The molecule has 1 aliphatic rings. The molecular weight excluding hydrogens is 362 g/mol. The first-order valence-electron chi connectivity index (χ1n) is 9.21. The highest BCUT2D eigenvalue weighted by Gasteiger charge is 2.45. The van der Waals surface area contributed by atoms with Gasteiger partial charge in [0.2, 0.25) is 0 Å². The third-order valence-corrected chi connectivity index (χ3v) is 5.08. The van der Waals surface area contributed by atoms with Crippen molar-refractivity contribution in [2.75, 3.05) is 26.7 Å². The molecule has 1 aliphatic heterocycles. The van der Waals surface area contributed by atoms with E-state index in [9.17, 15) is 17.6 Å². The number of benzene rings is 1. The maximum absolute atomic E-state index is 13.8. The van der Waals surface area contributed by atoms with Gasteiger partial charge in [0.05, 0.1) is 25.2 Å². The summed E-state index contributed by atoms with van der Waals surface area (Å²) in [6.07, 6.45) is -4.70. The number of alkyl halides is 3. The molecule has 1 heterocycles. The van der Waals surface area contributed by atoms with Crippen LogP contribution in [0.25, 0.3) is 0 Å². The SMILES string of the molecule is COc1ccc(F)cc1C(C)(C)CC(CN1CC(C)OC(C)C1)C(F)(F)F. The predicted octanol–water partition coefficient (Wildman–Crippen LogP) is 4.79. The van der Waals surface area contributed by atoms with Crippen LogP contribution in [0.1, 0.15) is 39.7 Å². The number of methoxy groups -OCH3 is 1. The molecule has 1 saturated heterocycles. The summed E-state index contributed by atoms with van der Waals surface area (Å²) in [5, 5.41) is 0. The van der Waals surface area contributed by atoms with Crippen LogP contribution in [0.4, 0.5) is 17.6 Å². The number of hydrogen-bond donors (Lipinski definition) is 0. The number of hydrogen-bond acceptors (Lipinski definition) is 3. The Labute approximate surface area is 158 Å². The van der Waals surface area contributed by atoms with Crippen LogP contribution < -0.4 is 4.74 Å². The Kier molecular flexibility index (Phi) is 6.79. The fourth-order valence-electron chi connectivity index (χ4n) is 3.96. The van der Waals surface area contributed by atoms with Crippen LogP contribution in [0.3, 0.4) is 0 Å². The summed E-state index contributed by atoms with van der Waals surface area (Å²) < 4.78 is 66.1. The molecule has 7 heteroatoms. The zero-order valence-corrected chi connectivity index (χ0v) is 16.6. The average Bonchev–Trinajstić information content (AvgIpc) is 2.52. The monoisotopic (exact) mass is 391 g/mol. The van der Waals surface area contributed by atoms with Gasteiger partial charge in [-0.05, 0) is 43.9 Å². The first-order chi connectivity index (χ1) is 12.4. The maximum atomic E-state index is 13.8. The van der Waals surface area contributed by atoms with Gasteiger partial charge in [-0.3, -0.25) is 4.90 Å². The van der Waals surface area contributed by atoms with Crippen molar-refractivity contribution in [2.24, 2.45) is 5.92 Å². The van der Waals surface area contributed by atoms with E-state index in [0.717, 1.165) is 0 Å². The normalized spacial score (nSPS) is 23.3. The van der Waals surface area contributed by atoms with Gasteiger partial charge in [-0.25, -0.2) is 4.39 Å². The van der Waals surface area contributed by atoms with E-state index in [1.54, 1.807) is 13.8 Å². The largest absolute Gasteiger partial charge is 0.496 e. The first-order valence-corrected chi connectivity index (χ1v) is 9.21. The van der Waals surface area contributed by atoms with Crippen LogP contribution in [0.5, 0.6) is 5.75 Å². The standard InChI is InChI=1S/C20H29F4NO2/c1-13-10-25(11-14(2)27-13)12-15(20(22,23)24)9-19(3,4)17-8-16(21)6-7-18(17)26-5/h6-8,13-15H,9-12H2,1-5H3. The Morgan fingerprint density at radius 2 is 1.78 bits per heavy atom. The molecule has 154 valence electrons. The van der Waals surface area contributed by atoms with Crippen LogP contribution >= 0.6 is 0 Å². The smallest absolute Gasteiger partial charge is 0.393 e. The van der Waals surface area contributed by atoms with Crippen molar-refractivity contribution < 1.29 is 27.0 Å². The number of halogens is 4. The van der Waals surface area contributed by atoms with Crippen LogP contribution in [-0.4, -0.2) is 50.0 Å². The third-order valence-electron chi connectivity index (χ3n) is 5.08. The van der Waals surface area contributed by atoms with Gasteiger partial charge in [0, 0.05) is 25.2 Å². The summed E-state index contributed by atoms with van der Waals surface area (Å²) in [7, 11) is 1.44. The molecule has 1 aromatic carbocycles. The van der Waals surface area contributed by atoms with Gasteiger partial charge in [-0.2, -0.15) is 13.2 Å². The summed E-state index contributed by atoms with van der Waals surface area (Å²) in [5.74, 6) is -1.62. The van der Waals surface area contributed by atoms with Crippen molar-refractivity contribution in [1.82, 2.24) is 4.90 Å². The van der Waals surface area contributed by atoms with Gasteiger partial charge in [0.25, 0.3) is 0 Å². The minimum Gasteiger partial charge on any atom is -0.496 e. The number of ether oxygens (including phenoxy) is 2. The molecule has 27 heavy (non-hydrogen) atoms. The van der Waals surface area contributed by atoms with Gasteiger partial charge in [0.15, 0.2) is 0 Å². The molecule has 0 amide bonds.